The number of nitrogens with zero attached hydrogens (tertiary/aromatic N) is 2. The topological polar surface area (TPSA) is 45.5 Å². The molecular formula is C28H27ClN2O2. The number of likely N-dealkylation sites (tertiary alicyclic amines) is 1. The molecule has 0 amide bonds. The molecule has 0 unspecified atom stereocenters. The minimum atomic E-state index is -0.0110. The zero-order valence-electron chi connectivity index (χ0n) is 18.7. The molecule has 5 heteroatoms. The molecule has 168 valence electrons. The lowest BCUT2D eigenvalue weighted by Crippen LogP contribution is -2.44. The molecule has 2 heterocycles. The first-order valence-electron chi connectivity index (χ1n) is 11.4. The van der Waals surface area contributed by atoms with Crippen LogP contribution in [0.25, 0.3) is 22.6 Å². The Kier molecular flexibility index (Phi) is 6.07. The molecule has 0 saturated carbocycles. The van der Waals surface area contributed by atoms with Gasteiger partial charge in [-0.1, -0.05) is 54.9 Å². The van der Waals surface area contributed by atoms with Crippen molar-refractivity contribution in [3.63, 3.8) is 0 Å². The van der Waals surface area contributed by atoms with Gasteiger partial charge in [0, 0.05) is 53.2 Å². The third-order valence-electron chi connectivity index (χ3n) is 6.64. The van der Waals surface area contributed by atoms with E-state index in [-0.39, 0.29) is 12.4 Å². The Morgan fingerprint density at radius 1 is 1.12 bits per heavy atom. The summed E-state index contributed by atoms with van der Waals surface area (Å²) in [5.74, 6) is 0.527. The largest absolute Gasteiger partial charge is 0.395 e. The lowest BCUT2D eigenvalue weighted by Gasteiger charge is -2.38. The van der Waals surface area contributed by atoms with Gasteiger partial charge in [0.2, 0.25) is 0 Å². The number of benzene rings is 2. The molecule has 1 saturated heterocycles. The highest BCUT2D eigenvalue weighted by Gasteiger charge is 2.29. The Morgan fingerprint density at radius 3 is 2.61 bits per heavy atom. The normalized spacial score (nSPS) is 18.2. The van der Waals surface area contributed by atoms with Gasteiger partial charge in [0.15, 0.2) is 5.78 Å². The summed E-state index contributed by atoms with van der Waals surface area (Å²) in [5, 5.41) is 11.5. The van der Waals surface area contributed by atoms with Gasteiger partial charge in [-0.25, -0.2) is 0 Å². The van der Waals surface area contributed by atoms with Crippen molar-refractivity contribution < 1.29 is 9.90 Å². The van der Waals surface area contributed by atoms with Crippen LogP contribution >= 0.6 is 11.6 Å². The predicted molar refractivity (Wildman–Crippen MR) is 135 cm³/mol. The summed E-state index contributed by atoms with van der Waals surface area (Å²) in [4.78, 5) is 15.3. The van der Waals surface area contributed by atoms with E-state index in [4.69, 9.17) is 11.6 Å². The average Bonchev–Trinajstić information content (AvgIpc) is 3.13. The molecule has 1 aliphatic heterocycles. The number of carbonyl (C=O) groups excluding carboxylic acids is 1. The Labute approximate surface area is 199 Å². The minimum Gasteiger partial charge on any atom is -0.395 e. The summed E-state index contributed by atoms with van der Waals surface area (Å²) >= 11 is 5.98. The van der Waals surface area contributed by atoms with E-state index < -0.39 is 0 Å². The highest BCUT2D eigenvalue weighted by atomic mass is 35.5. The van der Waals surface area contributed by atoms with Crippen molar-refractivity contribution in [3.05, 3.63) is 94.2 Å². The third kappa shape index (κ3) is 4.34. The number of aromatic nitrogens is 1. The molecule has 1 aromatic heterocycles. The smallest absolute Gasteiger partial charge is 0.186 e. The van der Waals surface area contributed by atoms with E-state index in [0.29, 0.717) is 23.1 Å². The predicted octanol–water partition coefficient (Wildman–Crippen LogP) is 5.31. The van der Waals surface area contributed by atoms with Crippen LogP contribution in [0.1, 0.15) is 29.5 Å². The molecule has 0 radical (unpaired) electrons. The zero-order valence-corrected chi connectivity index (χ0v) is 19.4. The number of rotatable bonds is 6. The van der Waals surface area contributed by atoms with Crippen molar-refractivity contribution in [2.75, 3.05) is 26.2 Å². The number of hydrogen-bond acceptors (Lipinski definition) is 3. The maximum atomic E-state index is 12.8. The van der Waals surface area contributed by atoms with Crippen LogP contribution in [-0.4, -0.2) is 46.6 Å². The number of hydrogen-bond donors (Lipinski definition) is 1. The Bertz CT molecular complexity index is 1290. The quantitative estimate of drug-likeness (QED) is 0.509. The van der Waals surface area contributed by atoms with Gasteiger partial charge in [0.05, 0.1) is 6.61 Å². The van der Waals surface area contributed by atoms with Crippen LogP contribution in [0.3, 0.4) is 0 Å². The van der Waals surface area contributed by atoms with Crippen LogP contribution in [0, 0.1) is 0 Å². The van der Waals surface area contributed by atoms with E-state index in [1.54, 1.807) is 6.08 Å². The van der Waals surface area contributed by atoms with Crippen LogP contribution in [0.15, 0.2) is 72.5 Å². The number of aliphatic hydroxyl groups is 1. The molecule has 2 aromatic carbocycles. The van der Waals surface area contributed by atoms with Crippen LogP contribution in [0.2, 0.25) is 5.02 Å². The monoisotopic (exact) mass is 458 g/mol. The van der Waals surface area contributed by atoms with E-state index in [9.17, 15) is 9.90 Å². The van der Waals surface area contributed by atoms with Crippen molar-refractivity contribution >= 4 is 39.9 Å². The molecule has 0 atom stereocenters. The lowest BCUT2D eigenvalue weighted by atomic mass is 9.91. The Hall–Kier alpha value is -2.92. The first-order chi connectivity index (χ1) is 16.1. The number of allylic oxidation sites excluding steroid dienone is 5. The molecule has 4 nitrogen and oxygen atoms in total. The van der Waals surface area contributed by atoms with Crippen LogP contribution in [0.4, 0.5) is 0 Å². The summed E-state index contributed by atoms with van der Waals surface area (Å²) in [5.41, 5.74) is 5.94. The van der Waals surface area contributed by atoms with Crippen molar-refractivity contribution in [3.8, 4) is 0 Å². The highest BCUT2D eigenvalue weighted by Crippen LogP contribution is 2.34. The number of likely N-dealkylation sites (N-methyl/N-ethyl adjacent to an activating group) is 1. The van der Waals surface area contributed by atoms with Crippen LogP contribution in [0.5, 0.6) is 0 Å². The van der Waals surface area contributed by atoms with Gasteiger partial charge in [-0.3, -0.25) is 4.79 Å². The summed E-state index contributed by atoms with van der Waals surface area (Å²) in [7, 11) is 0. The second kappa shape index (κ2) is 9.14. The fourth-order valence-electron chi connectivity index (χ4n) is 4.73. The number of carbonyl (C=O) groups is 1. The van der Waals surface area contributed by atoms with Crippen molar-refractivity contribution in [1.29, 1.82) is 0 Å². The highest BCUT2D eigenvalue weighted by molar-refractivity contribution is 6.30. The Balaban J connectivity index is 1.43. The standard InChI is InChI=1S/C28H27ClN2O2/c1-2-30-16-23(17-30)26-18-31(11-12-32)27-14-19(3-10-25(26)27)13-22-5-4-21(15-28(22)33)20-6-8-24(29)9-7-20/h3-10,13-15,18,23,32H,2,11-12,16-17H2,1H3. The molecule has 2 aliphatic rings. The average molecular weight is 459 g/mol. The molecule has 1 N–H and O–H groups in total. The maximum absolute atomic E-state index is 12.8. The van der Waals surface area contributed by atoms with Gasteiger partial charge in [-0.2, -0.15) is 0 Å². The molecular weight excluding hydrogens is 432 g/mol. The molecule has 0 spiro atoms. The fraction of sp³-hybridized carbons (Fsp3) is 0.250. The van der Waals surface area contributed by atoms with Gasteiger partial charge in [-0.15, -0.1) is 0 Å². The van der Waals surface area contributed by atoms with Gasteiger partial charge < -0.3 is 14.6 Å². The minimum absolute atomic E-state index is 0.0110. The van der Waals surface area contributed by atoms with Gasteiger partial charge >= 0.3 is 0 Å². The van der Waals surface area contributed by atoms with E-state index in [1.165, 1.54) is 10.9 Å². The van der Waals surface area contributed by atoms with Crippen LogP contribution in [-0.2, 0) is 11.3 Å². The van der Waals surface area contributed by atoms with Gasteiger partial charge in [0.1, 0.15) is 0 Å². The van der Waals surface area contributed by atoms with Gasteiger partial charge in [0.25, 0.3) is 0 Å². The summed E-state index contributed by atoms with van der Waals surface area (Å²) < 4.78 is 2.14. The number of fused-ring (bicyclic) bond motifs is 1. The summed E-state index contributed by atoms with van der Waals surface area (Å²) in [6.45, 7) is 6.11. The third-order valence-corrected chi connectivity index (χ3v) is 6.89. The maximum Gasteiger partial charge on any atom is 0.186 e. The number of aliphatic hydroxyl groups excluding tert-OH is 1. The van der Waals surface area contributed by atoms with Crippen molar-refractivity contribution in [2.45, 2.75) is 19.4 Å². The van der Waals surface area contributed by atoms with Crippen LogP contribution < -0.4 is 0 Å². The summed E-state index contributed by atoms with van der Waals surface area (Å²) in [6, 6.07) is 13.9. The fourth-order valence-corrected chi connectivity index (χ4v) is 4.85. The second-order valence-electron chi connectivity index (χ2n) is 8.73. The van der Waals surface area contributed by atoms with E-state index in [2.05, 4.69) is 40.8 Å². The Morgan fingerprint density at radius 2 is 1.91 bits per heavy atom. The van der Waals surface area contributed by atoms with Gasteiger partial charge in [-0.05, 0) is 59.2 Å². The van der Waals surface area contributed by atoms with E-state index in [0.717, 1.165) is 41.9 Å². The van der Waals surface area contributed by atoms with Crippen molar-refractivity contribution in [2.24, 2.45) is 0 Å². The van der Waals surface area contributed by atoms with E-state index >= 15 is 0 Å². The SMILES string of the molecule is CCN1CC(c2cn(CCO)c3cc(C=C4C=CC(c5ccc(Cl)cc5)=CC4=O)ccc23)C1. The first kappa shape index (κ1) is 21.9. The second-order valence-corrected chi connectivity index (χ2v) is 9.17. The number of halogens is 1. The first-order valence-corrected chi connectivity index (χ1v) is 11.8. The number of ketones is 1. The summed E-state index contributed by atoms with van der Waals surface area (Å²) in [6.07, 6.45) is 9.66. The van der Waals surface area contributed by atoms with E-state index in [1.807, 2.05) is 42.5 Å². The molecule has 5 rings (SSSR count). The molecule has 3 aromatic rings. The molecule has 1 fully saturated rings. The van der Waals surface area contributed by atoms with Crippen molar-refractivity contribution in [1.82, 2.24) is 9.47 Å². The molecule has 0 bridgehead atoms. The molecule has 33 heavy (non-hydrogen) atoms. The molecule has 1 aliphatic carbocycles. The zero-order chi connectivity index (χ0) is 22.9. The lowest BCUT2D eigenvalue weighted by molar-refractivity contribution is -0.111.